The van der Waals surface area contributed by atoms with E-state index in [0.717, 1.165) is 20.4 Å². The molecule has 0 fully saturated rings. The van der Waals surface area contributed by atoms with Gasteiger partial charge in [-0.2, -0.15) is 5.10 Å². The van der Waals surface area contributed by atoms with Crippen LogP contribution in [0.2, 0.25) is 5.02 Å². The Morgan fingerprint density at radius 3 is 3.00 bits per heavy atom. The molecule has 0 amide bonds. The standard InChI is InChI=1S/C8H6BrClN2/c1-12-8-5(4-11-12)2-6(9)3-7(8)10/h2-4H,1H3. The second kappa shape index (κ2) is 2.75. The lowest BCUT2D eigenvalue weighted by Crippen LogP contribution is -1.89. The maximum absolute atomic E-state index is 6.02. The molecule has 0 unspecified atom stereocenters. The maximum atomic E-state index is 6.02. The predicted molar refractivity (Wildman–Crippen MR) is 53.4 cm³/mol. The van der Waals surface area contributed by atoms with Gasteiger partial charge in [0.05, 0.1) is 16.7 Å². The molecule has 0 saturated heterocycles. The largest absolute Gasteiger partial charge is 0.266 e. The van der Waals surface area contributed by atoms with Crippen LogP contribution in [0.15, 0.2) is 22.8 Å². The number of nitrogens with zero attached hydrogens (tertiary/aromatic N) is 2. The zero-order valence-corrected chi connectivity index (χ0v) is 8.72. The first-order valence-corrected chi connectivity index (χ1v) is 4.62. The van der Waals surface area contributed by atoms with Gasteiger partial charge < -0.3 is 0 Å². The van der Waals surface area contributed by atoms with Crippen molar-refractivity contribution in [2.75, 3.05) is 0 Å². The number of aryl methyl sites for hydroxylation is 1. The van der Waals surface area contributed by atoms with Gasteiger partial charge in [0.1, 0.15) is 0 Å². The van der Waals surface area contributed by atoms with Crippen molar-refractivity contribution in [1.29, 1.82) is 0 Å². The minimum atomic E-state index is 0.722. The summed E-state index contributed by atoms with van der Waals surface area (Å²) in [4.78, 5) is 0. The van der Waals surface area contributed by atoms with Crippen molar-refractivity contribution >= 4 is 38.4 Å². The number of fused-ring (bicyclic) bond motifs is 1. The van der Waals surface area contributed by atoms with Gasteiger partial charge in [0, 0.05) is 16.9 Å². The molecule has 0 radical (unpaired) electrons. The second-order valence-corrected chi connectivity index (χ2v) is 3.92. The van der Waals surface area contributed by atoms with E-state index in [1.165, 1.54) is 0 Å². The normalized spacial score (nSPS) is 10.9. The predicted octanol–water partition coefficient (Wildman–Crippen LogP) is 2.99. The minimum Gasteiger partial charge on any atom is -0.266 e. The molecule has 0 aliphatic heterocycles. The van der Waals surface area contributed by atoms with Gasteiger partial charge in [-0.25, -0.2) is 0 Å². The summed E-state index contributed by atoms with van der Waals surface area (Å²) in [5, 5.41) is 5.88. The number of rotatable bonds is 0. The summed E-state index contributed by atoms with van der Waals surface area (Å²) < 4.78 is 2.75. The van der Waals surface area contributed by atoms with E-state index in [0.29, 0.717) is 0 Å². The minimum absolute atomic E-state index is 0.722. The van der Waals surface area contributed by atoms with Crippen molar-refractivity contribution in [2.24, 2.45) is 7.05 Å². The van der Waals surface area contributed by atoms with E-state index < -0.39 is 0 Å². The maximum Gasteiger partial charge on any atom is 0.0866 e. The SMILES string of the molecule is Cn1ncc2cc(Br)cc(Cl)c21. The molecule has 1 heterocycles. The average molecular weight is 246 g/mol. The summed E-state index contributed by atoms with van der Waals surface area (Å²) in [6.45, 7) is 0. The van der Waals surface area contributed by atoms with Gasteiger partial charge in [-0.1, -0.05) is 27.5 Å². The summed E-state index contributed by atoms with van der Waals surface area (Å²) in [6, 6.07) is 3.86. The molecule has 0 saturated carbocycles. The van der Waals surface area contributed by atoms with Crippen LogP contribution in [0, 0.1) is 0 Å². The number of hydrogen-bond acceptors (Lipinski definition) is 1. The lowest BCUT2D eigenvalue weighted by Gasteiger charge is -1.97. The van der Waals surface area contributed by atoms with Crippen LogP contribution in [0.4, 0.5) is 0 Å². The molecule has 0 aliphatic carbocycles. The Balaban J connectivity index is 2.93. The number of halogens is 2. The van der Waals surface area contributed by atoms with E-state index >= 15 is 0 Å². The van der Waals surface area contributed by atoms with Crippen LogP contribution in [0.1, 0.15) is 0 Å². The van der Waals surface area contributed by atoms with Crippen LogP contribution < -0.4 is 0 Å². The second-order valence-electron chi connectivity index (χ2n) is 2.59. The van der Waals surface area contributed by atoms with E-state index in [9.17, 15) is 0 Å². The highest BCUT2D eigenvalue weighted by molar-refractivity contribution is 9.10. The highest BCUT2D eigenvalue weighted by atomic mass is 79.9. The van der Waals surface area contributed by atoms with Crippen LogP contribution >= 0.6 is 27.5 Å². The van der Waals surface area contributed by atoms with Crippen molar-refractivity contribution in [1.82, 2.24) is 9.78 Å². The summed E-state index contributed by atoms with van der Waals surface area (Å²) in [5.74, 6) is 0. The fourth-order valence-electron chi connectivity index (χ4n) is 1.23. The average Bonchev–Trinajstić information content (AvgIpc) is 2.31. The van der Waals surface area contributed by atoms with Crippen molar-refractivity contribution in [3.63, 3.8) is 0 Å². The first-order chi connectivity index (χ1) is 5.68. The molecular formula is C8H6BrClN2. The van der Waals surface area contributed by atoms with E-state index in [2.05, 4.69) is 21.0 Å². The molecule has 2 nitrogen and oxygen atoms in total. The van der Waals surface area contributed by atoms with Crippen molar-refractivity contribution in [3.05, 3.63) is 27.8 Å². The van der Waals surface area contributed by atoms with Crippen LogP contribution in [0.5, 0.6) is 0 Å². The highest BCUT2D eigenvalue weighted by Gasteiger charge is 2.04. The van der Waals surface area contributed by atoms with Gasteiger partial charge in [-0.3, -0.25) is 4.68 Å². The van der Waals surface area contributed by atoms with Crippen LogP contribution in [-0.4, -0.2) is 9.78 Å². The monoisotopic (exact) mass is 244 g/mol. The van der Waals surface area contributed by atoms with E-state index in [1.54, 1.807) is 10.9 Å². The molecule has 12 heavy (non-hydrogen) atoms. The lowest BCUT2D eigenvalue weighted by molar-refractivity contribution is 0.797. The van der Waals surface area contributed by atoms with Crippen LogP contribution in [0.3, 0.4) is 0 Å². The molecule has 62 valence electrons. The summed E-state index contributed by atoms with van der Waals surface area (Å²) >= 11 is 9.39. The number of benzene rings is 1. The Morgan fingerprint density at radius 1 is 1.50 bits per heavy atom. The highest BCUT2D eigenvalue weighted by Crippen LogP contribution is 2.27. The Hall–Kier alpha value is -0.540. The van der Waals surface area contributed by atoms with Crippen LogP contribution in [-0.2, 0) is 7.05 Å². The van der Waals surface area contributed by atoms with Gasteiger partial charge >= 0.3 is 0 Å². The van der Waals surface area contributed by atoms with Gasteiger partial charge in [-0.05, 0) is 12.1 Å². The molecule has 2 aromatic rings. The van der Waals surface area contributed by atoms with Gasteiger partial charge in [-0.15, -0.1) is 0 Å². The smallest absolute Gasteiger partial charge is 0.0866 e. The fourth-order valence-corrected chi connectivity index (χ4v) is 2.19. The van der Waals surface area contributed by atoms with Gasteiger partial charge in [0.15, 0.2) is 0 Å². The molecule has 0 aliphatic rings. The Bertz CT molecular complexity index is 436. The van der Waals surface area contributed by atoms with Crippen molar-refractivity contribution in [3.8, 4) is 0 Å². The molecule has 0 spiro atoms. The third kappa shape index (κ3) is 1.13. The molecule has 2 rings (SSSR count). The fraction of sp³-hybridized carbons (Fsp3) is 0.125. The van der Waals surface area contributed by atoms with Gasteiger partial charge in [0.25, 0.3) is 0 Å². The number of aromatic nitrogens is 2. The third-order valence-corrected chi connectivity index (χ3v) is 2.50. The summed E-state index contributed by atoms with van der Waals surface area (Å²) in [5.41, 5.74) is 0.972. The molecule has 1 aromatic heterocycles. The zero-order chi connectivity index (χ0) is 8.72. The first-order valence-electron chi connectivity index (χ1n) is 3.45. The van der Waals surface area contributed by atoms with E-state index in [1.807, 2.05) is 19.2 Å². The quantitative estimate of drug-likeness (QED) is 0.698. The van der Waals surface area contributed by atoms with E-state index in [-0.39, 0.29) is 0 Å². The molecular weight excluding hydrogens is 239 g/mol. The topological polar surface area (TPSA) is 17.8 Å². The molecule has 0 bridgehead atoms. The molecule has 0 atom stereocenters. The Morgan fingerprint density at radius 2 is 2.25 bits per heavy atom. The van der Waals surface area contributed by atoms with Crippen molar-refractivity contribution in [2.45, 2.75) is 0 Å². The number of hydrogen-bond donors (Lipinski definition) is 0. The van der Waals surface area contributed by atoms with Crippen molar-refractivity contribution < 1.29 is 0 Å². The van der Waals surface area contributed by atoms with Crippen LogP contribution in [0.25, 0.3) is 10.9 Å². The van der Waals surface area contributed by atoms with Gasteiger partial charge in [0.2, 0.25) is 0 Å². The molecule has 4 heteroatoms. The Labute approximate surface area is 83.3 Å². The summed E-state index contributed by atoms with van der Waals surface area (Å²) in [7, 11) is 1.88. The zero-order valence-electron chi connectivity index (χ0n) is 6.38. The first kappa shape index (κ1) is 8.08. The third-order valence-electron chi connectivity index (χ3n) is 1.75. The Kier molecular flexibility index (Phi) is 1.85. The lowest BCUT2D eigenvalue weighted by atomic mass is 10.2. The van der Waals surface area contributed by atoms with E-state index in [4.69, 9.17) is 11.6 Å². The summed E-state index contributed by atoms with van der Waals surface area (Å²) in [6.07, 6.45) is 1.80. The molecule has 0 N–H and O–H groups in total. The molecule has 1 aromatic carbocycles.